The molecule has 2 atom stereocenters. The Bertz CT molecular complexity index is 535. The maximum Gasteiger partial charge on any atom is 0.228 e. The molecule has 2 unspecified atom stereocenters. The Morgan fingerprint density at radius 3 is 2.94 bits per heavy atom. The normalized spacial score (nSPS) is 14.5. The zero-order valence-electron chi connectivity index (χ0n) is 9.81. The summed E-state index contributed by atoms with van der Waals surface area (Å²) in [5.74, 6) is -0.268. The number of rotatable bonds is 3. The third-order valence-corrected chi connectivity index (χ3v) is 3.61. The fraction of sp³-hybridized carbons (Fsp3) is 0.333. The molecule has 1 aromatic heterocycles. The van der Waals surface area contributed by atoms with Crippen molar-refractivity contribution in [3.63, 3.8) is 0 Å². The average Bonchev–Trinajstić information content (AvgIpc) is 2.74. The van der Waals surface area contributed by atoms with E-state index in [4.69, 9.17) is 5.73 Å². The summed E-state index contributed by atoms with van der Waals surface area (Å²) in [5.41, 5.74) is 9.15. The summed E-state index contributed by atoms with van der Waals surface area (Å²) in [5, 5.41) is 2.85. The zero-order chi connectivity index (χ0) is 12.4. The van der Waals surface area contributed by atoms with Crippen LogP contribution in [-0.4, -0.2) is 16.9 Å². The van der Waals surface area contributed by atoms with Gasteiger partial charge in [-0.25, -0.2) is 4.98 Å². The van der Waals surface area contributed by atoms with E-state index in [9.17, 15) is 4.79 Å². The van der Waals surface area contributed by atoms with Gasteiger partial charge in [0.05, 0.1) is 21.6 Å². The lowest BCUT2D eigenvalue weighted by Gasteiger charge is -2.15. The van der Waals surface area contributed by atoms with Crippen molar-refractivity contribution in [3.05, 3.63) is 23.7 Å². The number of carbonyl (C=O) groups excluding carboxylic acids is 1. The van der Waals surface area contributed by atoms with Crippen LogP contribution in [-0.2, 0) is 4.79 Å². The average molecular weight is 249 g/mol. The molecule has 1 amide bonds. The van der Waals surface area contributed by atoms with Gasteiger partial charge >= 0.3 is 0 Å². The van der Waals surface area contributed by atoms with E-state index in [1.165, 1.54) is 0 Å². The Hall–Kier alpha value is -1.46. The van der Waals surface area contributed by atoms with Crippen LogP contribution >= 0.6 is 11.3 Å². The molecule has 0 aliphatic carbocycles. The molecule has 1 aromatic carbocycles. The Morgan fingerprint density at radius 1 is 1.47 bits per heavy atom. The number of hydrogen-bond acceptors (Lipinski definition) is 4. The maximum absolute atomic E-state index is 11.8. The lowest BCUT2D eigenvalue weighted by atomic mass is 10.0. The van der Waals surface area contributed by atoms with Crippen molar-refractivity contribution in [2.75, 3.05) is 5.32 Å². The Balaban J connectivity index is 2.15. The molecule has 3 N–H and O–H groups in total. The molecule has 1 heterocycles. The summed E-state index contributed by atoms with van der Waals surface area (Å²) in [6.45, 7) is 3.65. The van der Waals surface area contributed by atoms with E-state index in [0.29, 0.717) is 0 Å². The highest BCUT2D eigenvalue weighted by atomic mass is 32.1. The third kappa shape index (κ3) is 2.62. The van der Waals surface area contributed by atoms with Gasteiger partial charge in [0.2, 0.25) is 5.91 Å². The number of thiazole rings is 1. The van der Waals surface area contributed by atoms with Crippen molar-refractivity contribution in [2.24, 2.45) is 11.7 Å². The highest BCUT2D eigenvalue weighted by Crippen LogP contribution is 2.21. The van der Waals surface area contributed by atoms with Crippen LogP contribution < -0.4 is 11.1 Å². The van der Waals surface area contributed by atoms with E-state index < -0.39 is 0 Å². The van der Waals surface area contributed by atoms with Crippen molar-refractivity contribution in [2.45, 2.75) is 19.9 Å². The quantitative estimate of drug-likeness (QED) is 0.876. The minimum absolute atomic E-state index is 0.0606. The predicted octanol–water partition coefficient (Wildman–Crippen LogP) is 2.22. The van der Waals surface area contributed by atoms with Gasteiger partial charge in [-0.3, -0.25) is 4.79 Å². The van der Waals surface area contributed by atoms with Crippen molar-refractivity contribution >= 4 is 33.1 Å². The second-order valence-corrected chi connectivity index (χ2v) is 5.06. The molecule has 17 heavy (non-hydrogen) atoms. The first-order chi connectivity index (χ1) is 8.08. The SMILES string of the molecule is CC(N)C(C)C(=O)Nc1ccc2scnc2c1. The van der Waals surface area contributed by atoms with E-state index in [1.807, 2.05) is 32.0 Å². The molecule has 0 bridgehead atoms. The lowest BCUT2D eigenvalue weighted by molar-refractivity contribution is -0.119. The lowest BCUT2D eigenvalue weighted by Crippen LogP contribution is -2.34. The first-order valence-electron chi connectivity index (χ1n) is 5.47. The molecular formula is C12H15N3OS. The summed E-state index contributed by atoms with van der Waals surface area (Å²) < 4.78 is 1.11. The molecule has 0 aliphatic rings. The minimum atomic E-state index is -0.207. The fourth-order valence-electron chi connectivity index (χ4n) is 1.43. The summed E-state index contributed by atoms with van der Waals surface area (Å²) >= 11 is 1.58. The van der Waals surface area contributed by atoms with Gasteiger partial charge in [0.15, 0.2) is 0 Å². The van der Waals surface area contributed by atoms with E-state index in [0.717, 1.165) is 15.9 Å². The molecule has 4 nitrogen and oxygen atoms in total. The highest BCUT2D eigenvalue weighted by Gasteiger charge is 2.17. The van der Waals surface area contributed by atoms with Gasteiger partial charge in [-0.15, -0.1) is 11.3 Å². The number of aromatic nitrogens is 1. The van der Waals surface area contributed by atoms with E-state index >= 15 is 0 Å². The molecule has 2 rings (SSSR count). The number of hydrogen-bond donors (Lipinski definition) is 2. The summed E-state index contributed by atoms with van der Waals surface area (Å²) in [6.07, 6.45) is 0. The summed E-state index contributed by atoms with van der Waals surface area (Å²) in [7, 11) is 0. The van der Waals surface area contributed by atoms with Crippen LogP contribution in [0.2, 0.25) is 0 Å². The van der Waals surface area contributed by atoms with E-state index in [1.54, 1.807) is 16.8 Å². The first-order valence-corrected chi connectivity index (χ1v) is 6.35. The summed E-state index contributed by atoms with van der Waals surface area (Å²) in [6, 6.07) is 5.56. The smallest absolute Gasteiger partial charge is 0.228 e. The van der Waals surface area contributed by atoms with Crippen LogP contribution in [0.25, 0.3) is 10.2 Å². The van der Waals surface area contributed by atoms with Crippen molar-refractivity contribution < 1.29 is 4.79 Å². The molecule has 0 fully saturated rings. The van der Waals surface area contributed by atoms with Crippen LogP contribution in [0.3, 0.4) is 0 Å². The van der Waals surface area contributed by atoms with Crippen LogP contribution in [0.1, 0.15) is 13.8 Å². The second kappa shape index (κ2) is 4.81. The Kier molecular flexibility index (Phi) is 3.40. The number of nitrogens with one attached hydrogen (secondary N) is 1. The topological polar surface area (TPSA) is 68.0 Å². The van der Waals surface area contributed by atoms with Crippen molar-refractivity contribution in [3.8, 4) is 0 Å². The van der Waals surface area contributed by atoms with Gasteiger partial charge in [-0.1, -0.05) is 6.92 Å². The molecular weight excluding hydrogens is 234 g/mol. The fourth-order valence-corrected chi connectivity index (χ4v) is 2.09. The number of amides is 1. The molecule has 5 heteroatoms. The molecule has 2 aromatic rings. The molecule has 0 saturated heterocycles. The number of nitrogens with two attached hydrogens (primary N) is 1. The molecule has 0 saturated carbocycles. The highest BCUT2D eigenvalue weighted by molar-refractivity contribution is 7.16. The van der Waals surface area contributed by atoms with Crippen molar-refractivity contribution in [1.29, 1.82) is 0 Å². The van der Waals surface area contributed by atoms with Gasteiger partial charge in [0, 0.05) is 11.7 Å². The van der Waals surface area contributed by atoms with Gasteiger partial charge in [-0.2, -0.15) is 0 Å². The van der Waals surface area contributed by atoms with Gasteiger partial charge in [0.1, 0.15) is 0 Å². The molecule has 0 radical (unpaired) electrons. The number of fused-ring (bicyclic) bond motifs is 1. The van der Waals surface area contributed by atoms with E-state index in [-0.39, 0.29) is 17.9 Å². The zero-order valence-corrected chi connectivity index (χ0v) is 10.6. The van der Waals surface area contributed by atoms with Crippen LogP contribution in [0, 0.1) is 5.92 Å². The molecule has 0 aliphatic heterocycles. The number of nitrogens with zero attached hydrogens (tertiary/aromatic N) is 1. The first kappa shape index (κ1) is 12.0. The predicted molar refractivity (Wildman–Crippen MR) is 71.1 cm³/mol. The van der Waals surface area contributed by atoms with Gasteiger partial charge in [0.25, 0.3) is 0 Å². The third-order valence-electron chi connectivity index (χ3n) is 2.80. The van der Waals surface area contributed by atoms with Crippen molar-refractivity contribution in [1.82, 2.24) is 4.98 Å². The number of carbonyl (C=O) groups is 1. The summed E-state index contributed by atoms with van der Waals surface area (Å²) in [4.78, 5) is 16.0. The minimum Gasteiger partial charge on any atom is -0.327 e. The maximum atomic E-state index is 11.8. The number of benzene rings is 1. The molecule has 90 valence electrons. The monoisotopic (exact) mass is 249 g/mol. The standard InChI is InChI=1S/C12H15N3OS/c1-7(8(2)13)12(16)15-9-3-4-11-10(5-9)14-6-17-11/h3-8H,13H2,1-2H3,(H,15,16). The second-order valence-electron chi connectivity index (χ2n) is 4.17. The van der Waals surface area contributed by atoms with E-state index in [2.05, 4.69) is 10.3 Å². The van der Waals surface area contributed by atoms with Crippen LogP contribution in [0.4, 0.5) is 5.69 Å². The largest absolute Gasteiger partial charge is 0.327 e. The van der Waals surface area contributed by atoms with Crippen LogP contribution in [0.15, 0.2) is 23.7 Å². The van der Waals surface area contributed by atoms with Gasteiger partial charge < -0.3 is 11.1 Å². The van der Waals surface area contributed by atoms with Crippen LogP contribution in [0.5, 0.6) is 0 Å². The molecule has 0 spiro atoms. The Labute approximate surface area is 104 Å². The van der Waals surface area contributed by atoms with Gasteiger partial charge in [-0.05, 0) is 25.1 Å². The Morgan fingerprint density at radius 2 is 2.24 bits per heavy atom. The number of anilines is 1.